The molecule has 0 saturated heterocycles. The number of hydrogen-bond acceptors (Lipinski definition) is 2. The predicted octanol–water partition coefficient (Wildman–Crippen LogP) is 3.66. The average Bonchev–Trinajstić information content (AvgIpc) is 3.09. The summed E-state index contributed by atoms with van der Waals surface area (Å²) in [5.74, 6) is 1.57. The van der Waals surface area contributed by atoms with E-state index in [1.54, 1.807) is 6.07 Å². The molecule has 2 atom stereocenters. The topological polar surface area (TPSA) is 29.5 Å². The molecule has 0 bridgehead atoms. The zero-order valence-electron chi connectivity index (χ0n) is 10.1. The van der Waals surface area contributed by atoms with Crippen LogP contribution in [0.4, 0.5) is 0 Å². The molecule has 0 aliphatic heterocycles. The molecule has 3 heteroatoms. The number of ether oxygens (including phenoxy) is 1. The van der Waals surface area contributed by atoms with E-state index >= 15 is 0 Å². The van der Waals surface area contributed by atoms with Gasteiger partial charge in [-0.1, -0.05) is 30.5 Å². The molecule has 0 aromatic heterocycles. The van der Waals surface area contributed by atoms with Crippen molar-refractivity contribution in [2.45, 2.75) is 44.8 Å². The van der Waals surface area contributed by atoms with E-state index in [4.69, 9.17) is 16.3 Å². The summed E-state index contributed by atoms with van der Waals surface area (Å²) in [7, 11) is 0. The lowest BCUT2D eigenvalue weighted by atomic mass is 10.1. The van der Waals surface area contributed by atoms with Crippen LogP contribution in [-0.2, 0) is 0 Å². The van der Waals surface area contributed by atoms with Gasteiger partial charge in [0.25, 0.3) is 0 Å². The summed E-state index contributed by atoms with van der Waals surface area (Å²) in [5.41, 5.74) is 0. The third kappa shape index (κ3) is 4.21. The summed E-state index contributed by atoms with van der Waals surface area (Å²) in [6.45, 7) is 1.90. The molecule has 1 N–H and O–H groups in total. The van der Waals surface area contributed by atoms with Gasteiger partial charge in [-0.15, -0.1) is 0 Å². The predicted molar refractivity (Wildman–Crippen MR) is 69.5 cm³/mol. The van der Waals surface area contributed by atoms with Crippen LogP contribution in [0.2, 0.25) is 5.02 Å². The summed E-state index contributed by atoms with van der Waals surface area (Å²) in [6.07, 6.45) is 4.02. The largest absolute Gasteiger partial charge is 0.488 e. The van der Waals surface area contributed by atoms with Gasteiger partial charge in [-0.2, -0.15) is 0 Å². The third-order valence-electron chi connectivity index (χ3n) is 3.23. The van der Waals surface area contributed by atoms with E-state index in [1.165, 1.54) is 12.8 Å². The van der Waals surface area contributed by atoms with Gasteiger partial charge < -0.3 is 9.84 Å². The summed E-state index contributed by atoms with van der Waals surface area (Å²) < 4.78 is 5.68. The normalized spacial score (nSPS) is 18.8. The van der Waals surface area contributed by atoms with Crippen LogP contribution in [0, 0.1) is 5.92 Å². The molecule has 1 aromatic rings. The molecule has 1 aliphatic carbocycles. The molecule has 1 fully saturated rings. The van der Waals surface area contributed by atoms with Gasteiger partial charge in [-0.25, -0.2) is 0 Å². The highest BCUT2D eigenvalue weighted by Gasteiger charge is 2.24. The van der Waals surface area contributed by atoms with E-state index in [1.807, 2.05) is 25.1 Å². The van der Waals surface area contributed by atoms with Crippen LogP contribution in [0.3, 0.4) is 0 Å². The Balaban J connectivity index is 1.80. The van der Waals surface area contributed by atoms with Crippen molar-refractivity contribution in [1.29, 1.82) is 0 Å². The summed E-state index contributed by atoms with van der Waals surface area (Å²) in [6, 6.07) is 7.28. The number of halogens is 1. The van der Waals surface area contributed by atoms with Crippen molar-refractivity contribution < 1.29 is 9.84 Å². The van der Waals surface area contributed by atoms with Gasteiger partial charge in [0.05, 0.1) is 6.10 Å². The minimum atomic E-state index is -0.394. The molecular formula is C14H19ClO2. The second-order valence-electron chi connectivity index (χ2n) is 4.87. The lowest BCUT2D eigenvalue weighted by Gasteiger charge is -2.20. The molecule has 0 radical (unpaired) electrons. The van der Waals surface area contributed by atoms with Crippen molar-refractivity contribution in [3.8, 4) is 5.75 Å². The molecular weight excluding hydrogens is 236 g/mol. The van der Waals surface area contributed by atoms with Crippen LogP contribution >= 0.6 is 11.6 Å². The van der Waals surface area contributed by atoms with E-state index < -0.39 is 6.10 Å². The standard InChI is InChI=1S/C14H19ClO2/c1-10(14(16)8-7-11-5-6-11)17-13-4-2-3-12(15)9-13/h2-4,9-11,14,16H,5-8H2,1H3. The lowest BCUT2D eigenvalue weighted by molar-refractivity contribution is 0.0395. The van der Waals surface area contributed by atoms with Gasteiger partial charge in [0.15, 0.2) is 0 Å². The minimum Gasteiger partial charge on any atom is -0.488 e. The quantitative estimate of drug-likeness (QED) is 0.840. The van der Waals surface area contributed by atoms with Crippen LogP contribution in [0.15, 0.2) is 24.3 Å². The first-order chi connectivity index (χ1) is 8.15. The first-order valence-electron chi connectivity index (χ1n) is 6.25. The first-order valence-corrected chi connectivity index (χ1v) is 6.63. The van der Waals surface area contributed by atoms with Crippen molar-refractivity contribution in [2.24, 2.45) is 5.92 Å². The molecule has 2 unspecified atom stereocenters. The molecule has 1 aliphatic rings. The fourth-order valence-corrected chi connectivity index (χ4v) is 2.06. The van der Waals surface area contributed by atoms with Gasteiger partial charge in [0, 0.05) is 5.02 Å². The SMILES string of the molecule is CC(Oc1cccc(Cl)c1)C(O)CCC1CC1. The van der Waals surface area contributed by atoms with Gasteiger partial charge in [-0.3, -0.25) is 0 Å². The lowest BCUT2D eigenvalue weighted by Crippen LogP contribution is -2.28. The van der Waals surface area contributed by atoms with Crippen LogP contribution in [0.5, 0.6) is 5.75 Å². The fraction of sp³-hybridized carbons (Fsp3) is 0.571. The van der Waals surface area contributed by atoms with Crippen LogP contribution in [0.25, 0.3) is 0 Å². The summed E-state index contributed by atoms with van der Waals surface area (Å²) in [5, 5.41) is 10.6. The Kier molecular flexibility index (Phi) is 4.30. The third-order valence-corrected chi connectivity index (χ3v) is 3.46. The Morgan fingerprint density at radius 3 is 2.88 bits per heavy atom. The molecule has 0 amide bonds. The van der Waals surface area contributed by atoms with Crippen molar-refractivity contribution in [3.05, 3.63) is 29.3 Å². The molecule has 0 spiro atoms. The van der Waals surface area contributed by atoms with E-state index in [0.717, 1.165) is 24.5 Å². The Morgan fingerprint density at radius 2 is 2.24 bits per heavy atom. The highest BCUT2D eigenvalue weighted by molar-refractivity contribution is 6.30. The number of aliphatic hydroxyl groups is 1. The summed E-state index contributed by atoms with van der Waals surface area (Å²) >= 11 is 5.88. The number of aliphatic hydroxyl groups excluding tert-OH is 1. The molecule has 1 saturated carbocycles. The van der Waals surface area contributed by atoms with Crippen molar-refractivity contribution >= 4 is 11.6 Å². The molecule has 1 aromatic carbocycles. The van der Waals surface area contributed by atoms with E-state index in [-0.39, 0.29) is 6.10 Å². The fourth-order valence-electron chi connectivity index (χ4n) is 1.88. The average molecular weight is 255 g/mol. The maximum absolute atomic E-state index is 9.97. The second-order valence-corrected chi connectivity index (χ2v) is 5.30. The number of benzene rings is 1. The Labute approximate surface area is 108 Å². The smallest absolute Gasteiger partial charge is 0.122 e. The first kappa shape index (κ1) is 12.7. The van der Waals surface area contributed by atoms with E-state index in [2.05, 4.69) is 0 Å². The molecule has 0 heterocycles. The zero-order valence-corrected chi connectivity index (χ0v) is 10.9. The number of rotatable bonds is 6. The van der Waals surface area contributed by atoms with Gasteiger partial charge >= 0.3 is 0 Å². The second kappa shape index (κ2) is 5.74. The van der Waals surface area contributed by atoms with Crippen molar-refractivity contribution in [1.82, 2.24) is 0 Å². The van der Waals surface area contributed by atoms with Crippen LogP contribution in [-0.4, -0.2) is 17.3 Å². The molecule has 2 rings (SSSR count). The Hall–Kier alpha value is -0.730. The van der Waals surface area contributed by atoms with Gasteiger partial charge in [0.1, 0.15) is 11.9 Å². The highest BCUT2D eigenvalue weighted by Crippen LogP contribution is 2.34. The van der Waals surface area contributed by atoms with Gasteiger partial charge in [-0.05, 0) is 43.9 Å². The van der Waals surface area contributed by atoms with Crippen LogP contribution < -0.4 is 4.74 Å². The number of hydrogen-bond donors (Lipinski definition) is 1. The minimum absolute atomic E-state index is 0.188. The Morgan fingerprint density at radius 1 is 1.47 bits per heavy atom. The Bertz CT molecular complexity index is 363. The zero-order chi connectivity index (χ0) is 12.3. The van der Waals surface area contributed by atoms with E-state index in [9.17, 15) is 5.11 Å². The maximum Gasteiger partial charge on any atom is 0.122 e. The molecule has 94 valence electrons. The van der Waals surface area contributed by atoms with Crippen molar-refractivity contribution in [2.75, 3.05) is 0 Å². The highest BCUT2D eigenvalue weighted by atomic mass is 35.5. The maximum atomic E-state index is 9.97. The monoisotopic (exact) mass is 254 g/mol. The molecule has 17 heavy (non-hydrogen) atoms. The van der Waals surface area contributed by atoms with Gasteiger partial charge in [0.2, 0.25) is 0 Å². The van der Waals surface area contributed by atoms with E-state index in [0.29, 0.717) is 5.02 Å². The van der Waals surface area contributed by atoms with Crippen LogP contribution in [0.1, 0.15) is 32.6 Å². The molecule has 2 nitrogen and oxygen atoms in total. The summed E-state index contributed by atoms with van der Waals surface area (Å²) in [4.78, 5) is 0. The van der Waals surface area contributed by atoms with Crippen molar-refractivity contribution in [3.63, 3.8) is 0 Å².